The van der Waals surface area contributed by atoms with E-state index in [1.807, 2.05) is 0 Å². The number of pyridine rings is 1. The molecular weight excluding hydrogens is 286 g/mol. The van der Waals surface area contributed by atoms with Gasteiger partial charge in [-0.1, -0.05) is 0 Å². The van der Waals surface area contributed by atoms with Crippen molar-refractivity contribution in [2.45, 2.75) is 13.5 Å². The zero-order chi connectivity index (χ0) is 16.1. The predicted octanol–water partition coefficient (Wildman–Crippen LogP) is 2.16. The Morgan fingerprint density at radius 1 is 1.32 bits per heavy atom. The molecule has 0 fully saturated rings. The van der Waals surface area contributed by atoms with Crippen molar-refractivity contribution in [3.05, 3.63) is 63.8 Å². The summed E-state index contributed by atoms with van der Waals surface area (Å²) in [5, 5.41) is 18.8. The van der Waals surface area contributed by atoms with Gasteiger partial charge in [0.1, 0.15) is 0 Å². The number of ketones is 1. The zero-order valence-electron chi connectivity index (χ0n) is 12.0. The van der Waals surface area contributed by atoms with E-state index >= 15 is 0 Å². The lowest BCUT2D eigenvalue weighted by Crippen LogP contribution is -2.12. The largest absolute Gasteiger partial charge is 0.487 e. The van der Waals surface area contributed by atoms with Crippen LogP contribution in [0.25, 0.3) is 0 Å². The van der Waals surface area contributed by atoms with E-state index in [9.17, 15) is 14.9 Å². The number of nitro groups is 1. The van der Waals surface area contributed by atoms with E-state index in [1.165, 1.54) is 18.2 Å². The second-order valence-corrected chi connectivity index (χ2v) is 4.55. The molecule has 0 radical (unpaired) electrons. The highest BCUT2D eigenvalue weighted by atomic mass is 16.6. The third kappa shape index (κ3) is 3.57. The predicted molar refractivity (Wildman–Crippen MR) is 78.9 cm³/mol. The number of carbonyl (C=O) groups is 1. The summed E-state index contributed by atoms with van der Waals surface area (Å²) < 4.78 is 6.80. The standard InChI is InChI=1S/C15H15N3O4/c1-2-22-15-4-3-11(9-13(15)18(20)21)14(19)10-17-7-5-12(16)6-8-17/h3-9,16H,2,10H2,1H3. The van der Waals surface area contributed by atoms with Gasteiger partial charge < -0.3 is 14.7 Å². The van der Waals surface area contributed by atoms with Crippen LogP contribution in [0.2, 0.25) is 0 Å². The molecule has 0 amide bonds. The number of rotatable bonds is 6. The fourth-order valence-electron chi connectivity index (χ4n) is 1.93. The summed E-state index contributed by atoms with van der Waals surface area (Å²) >= 11 is 0. The van der Waals surface area contributed by atoms with E-state index in [2.05, 4.69) is 0 Å². The Morgan fingerprint density at radius 2 is 2.00 bits per heavy atom. The van der Waals surface area contributed by atoms with Crippen molar-refractivity contribution >= 4 is 11.5 Å². The van der Waals surface area contributed by atoms with Crippen LogP contribution < -0.4 is 10.1 Å². The Morgan fingerprint density at radius 3 is 2.59 bits per heavy atom. The summed E-state index contributed by atoms with van der Waals surface area (Å²) in [6.45, 7) is 2.09. The van der Waals surface area contributed by atoms with Crippen molar-refractivity contribution in [3.8, 4) is 5.75 Å². The topological polar surface area (TPSA) is 98.2 Å². The van der Waals surface area contributed by atoms with Gasteiger partial charge in [-0.25, -0.2) is 0 Å². The molecule has 114 valence electrons. The smallest absolute Gasteiger partial charge is 0.311 e. The van der Waals surface area contributed by atoms with Gasteiger partial charge in [0.05, 0.1) is 23.4 Å². The molecule has 1 heterocycles. The number of nitro benzene ring substituents is 1. The number of nitrogens with zero attached hydrogens (tertiary/aromatic N) is 2. The SMILES string of the molecule is CCOc1ccc(C(=O)Cn2ccc(=N)cc2)cc1[N+](=O)[O-]. The number of Topliss-reactive ketones (excluding diaryl/α,β-unsaturated/α-hetero) is 1. The van der Waals surface area contributed by atoms with Crippen molar-refractivity contribution in [2.75, 3.05) is 6.61 Å². The molecule has 0 unspecified atom stereocenters. The average molecular weight is 301 g/mol. The summed E-state index contributed by atoms with van der Waals surface area (Å²) in [6, 6.07) is 7.31. The number of carbonyl (C=O) groups excluding carboxylic acids is 1. The monoisotopic (exact) mass is 301 g/mol. The quantitative estimate of drug-likeness (QED) is 0.502. The summed E-state index contributed by atoms with van der Waals surface area (Å²) in [5.41, 5.74) is 0.0248. The Bertz CT molecular complexity index is 747. The first kappa shape index (κ1) is 15.4. The third-order valence-corrected chi connectivity index (χ3v) is 2.99. The minimum atomic E-state index is -0.566. The van der Waals surface area contributed by atoms with Gasteiger partial charge in [-0.3, -0.25) is 14.9 Å². The maximum absolute atomic E-state index is 12.2. The second-order valence-electron chi connectivity index (χ2n) is 4.55. The first-order chi connectivity index (χ1) is 10.5. The van der Waals surface area contributed by atoms with Crippen molar-refractivity contribution in [2.24, 2.45) is 0 Å². The Kier molecular flexibility index (Phi) is 4.67. The lowest BCUT2D eigenvalue weighted by Gasteiger charge is -2.07. The molecule has 0 aliphatic heterocycles. The minimum Gasteiger partial charge on any atom is -0.487 e. The molecule has 0 saturated carbocycles. The van der Waals surface area contributed by atoms with Crippen LogP contribution in [0.4, 0.5) is 5.69 Å². The van der Waals surface area contributed by atoms with Gasteiger partial charge in [-0.2, -0.15) is 0 Å². The summed E-state index contributed by atoms with van der Waals surface area (Å²) in [6.07, 6.45) is 3.23. The molecule has 0 atom stereocenters. The molecule has 2 rings (SSSR count). The van der Waals surface area contributed by atoms with E-state index in [1.54, 1.807) is 36.0 Å². The number of aromatic nitrogens is 1. The van der Waals surface area contributed by atoms with Crippen molar-refractivity contribution in [3.63, 3.8) is 0 Å². The molecule has 0 aliphatic carbocycles. The molecule has 0 spiro atoms. The van der Waals surface area contributed by atoms with Gasteiger partial charge in [0.25, 0.3) is 0 Å². The minimum absolute atomic E-state index is 0.0470. The zero-order valence-corrected chi connectivity index (χ0v) is 12.0. The molecule has 22 heavy (non-hydrogen) atoms. The molecule has 0 aliphatic rings. The van der Waals surface area contributed by atoms with E-state index in [-0.39, 0.29) is 29.3 Å². The first-order valence-electron chi connectivity index (χ1n) is 6.66. The Balaban J connectivity index is 2.26. The molecular formula is C15H15N3O4. The van der Waals surface area contributed by atoms with Crippen LogP contribution in [0.3, 0.4) is 0 Å². The fourth-order valence-corrected chi connectivity index (χ4v) is 1.93. The summed E-state index contributed by atoms with van der Waals surface area (Å²) in [7, 11) is 0. The second kappa shape index (κ2) is 6.66. The maximum atomic E-state index is 12.2. The molecule has 7 nitrogen and oxygen atoms in total. The molecule has 0 saturated heterocycles. The Hall–Kier alpha value is -2.96. The fraction of sp³-hybridized carbons (Fsp3) is 0.200. The van der Waals surface area contributed by atoms with Crippen molar-refractivity contribution in [1.82, 2.24) is 4.57 Å². The van der Waals surface area contributed by atoms with Crippen LogP contribution in [0.5, 0.6) is 5.75 Å². The molecule has 0 bridgehead atoms. The first-order valence-corrected chi connectivity index (χ1v) is 6.66. The highest BCUT2D eigenvalue weighted by Gasteiger charge is 2.18. The van der Waals surface area contributed by atoms with Crippen LogP contribution in [0.1, 0.15) is 17.3 Å². The van der Waals surface area contributed by atoms with E-state index < -0.39 is 4.92 Å². The van der Waals surface area contributed by atoms with Gasteiger partial charge in [0, 0.05) is 24.0 Å². The lowest BCUT2D eigenvalue weighted by atomic mass is 10.1. The van der Waals surface area contributed by atoms with E-state index in [4.69, 9.17) is 10.1 Å². The highest BCUT2D eigenvalue weighted by Crippen LogP contribution is 2.28. The number of nitrogens with one attached hydrogen (secondary N) is 1. The van der Waals surface area contributed by atoms with Crippen LogP contribution >= 0.6 is 0 Å². The average Bonchev–Trinajstić information content (AvgIpc) is 2.50. The summed E-state index contributed by atoms with van der Waals surface area (Å²) in [5.74, 6) is -0.107. The van der Waals surface area contributed by atoms with Gasteiger partial charge in [0.2, 0.25) is 0 Å². The number of ether oxygens (including phenoxy) is 1. The van der Waals surface area contributed by atoms with E-state index in [0.29, 0.717) is 12.0 Å². The maximum Gasteiger partial charge on any atom is 0.311 e. The van der Waals surface area contributed by atoms with Crippen LogP contribution in [0, 0.1) is 15.5 Å². The number of hydrogen-bond donors (Lipinski definition) is 1. The lowest BCUT2D eigenvalue weighted by molar-refractivity contribution is -0.385. The molecule has 2 aromatic rings. The normalized spacial score (nSPS) is 10.2. The molecule has 7 heteroatoms. The third-order valence-electron chi connectivity index (χ3n) is 2.99. The van der Waals surface area contributed by atoms with Crippen LogP contribution in [-0.2, 0) is 6.54 Å². The van der Waals surface area contributed by atoms with Crippen molar-refractivity contribution in [1.29, 1.82) is 5.41 Å². The summed E-state index contributed by atoms with van der Waals surface area (Å²) in [4.78, 5) is 22.7. The van der Waals surface area contributed by atoms with Gasteiger partial charge >= 0.3 is 5.69 Å². The number of benzene rings is 1. The Labute approximate surface area is 126 Å². The van der Waals surface area contributed by atoms with Crippen LogP contribution in [0.15, 0.2) is 42.7 Å². The van der Waals surface area contributed by atoms with Crippen LogP contribution in [-0.4, -0.2) is 21.9 Å². The van der Waals surface area contributed by atoms with Gasteiger partial charge in [-0.05, 0) is 31.2 Å². The number of hydrogen-bond acceptors (Lipinski definition) is 5. The highest BCUT2D eigenvalue weighted by molar-refractivity contribution is 5.96. The molecule has 1 aromatic carbocycles. The van der Waals surface area contributed by atoms with E-state index in [0.717, 1.165) is 0 Å². The molecule has 1 aromatic heterocycles. The van der Waals surface area contributed by atoms with Gasteiger partial charge in [-0.15, -0.1) is 0 Å². The van der Waals surface area contributed by atoms with Crippen molar-refractivity contribution < 1.29 is 14.5 Å². The van der Waals surface area contributed by atoms with Gasteiger partial charge in [0.15, 0.2) is 11.5 Å². The molecule has 1 N–H and O–H groups in total.